The number of aromatic nitrogens is 1. The second-order valence-electron chi connectivity index (χ2n) is 3.40. The number of nitro groups is 1. The van der Waals surface area contributed by atoms with Crippen LogP contribution >= 0.6 is 0 Å². The summed E-state index contributed by atoms with van der Waals surface area (Å²) in [6.07, 6.45) is 1.06. The summed E-state index contributed by atoms with van der Waals surface area (Å²) in [5.41, 5.74) is -0.660. The summed E-state index contributed by atoms with van der Waals surface area (Å²) < 4.78 is 1.01. The molecule has 0 atom stereocenters. The van der Waals surface area contributed by atoms with Gasteiger partial charge in [0.2, 0.25) is 5.91 Å². The van der Waals surface area contributed by atoms with Gasteiger partial charge in [-0.2, -0.15) is 0 Å². The second kappa shape index (κ2) is 4.56. The van der Waals surface area contributed by atoms with Crippen molar-refractivity contribution in [2.24, 2.45) is 0 Å². The first-order valence-electron chi connectivity index (χ1n) is 4.47. The van der Waals surface area contributed by atoms with Gasteiger partial charge in [0.1, 0.15) is 6.54 Å². The van der Waals surface area contributed by atoms with E-state index in [0.717, 1.165) is 22.9 Å². The van der Waals surface area contributed by atoms with Crippen LogP contribution in [0, 0.1) is 10.1 Å². The number of hydrogen-bond acceptors (Lipinski definition) is 4. The van der Waals surface area contributed by atoms with Gasteiger partial charge in [0.25, 0.3) is 11.2 Å². The van der Waals surface area contributed by atoms with E-state index in [1.807, 2.05) is 0 Å². The molecule has 0 unspecified atom stereocenters. The van der Waals surface area contributed by atoms with Gasteiger partial charge in [-0.3, -0.25) is 24.3 Å². The summed E-state index contributed by atoms with van der Waals surface area (Å²) in [5, 5.41) is 10.5. The Morgan fingerprint density at radius 1 is 1.50 bits per heavy atom. The Morgan fingerprint density at radius 3 is 2.62 bits per heavy atom. The zero-order valence-electron chi connectivity index (χ0n) is 8.91. The Morgan fingerprint density at radius 2 is 2.12 bits per heavy atom. The van der Waals surface area contributed by atoms with Gasteiger partial charge < -0.3 is 4.90 Å². The van der Waals surface area contributed by atoms with Crippen molar-refractivity contribution in [3.05, 3.63) is 38.8 Å². The quantitative estimate of drug-likeness (QED) is 0.528. The fourth-order valence-electron chi connectivity index (χ4n) is 1.04. The van der Waals surface area contributed by atoms with Crippen molar-refractivity contribution in [2.45, 2.75) is 6.54 Å². The van der Waals surface area contributed by atoms with Crippen LogP contribution in [0.2, 0.25) is 0 Å². The van der Waals surface area contributed by atoms with Crippen LogP contribution in [0.15, 0.2) is 23.1 Å². The number of likely N-dealkylation sites (N-methyl/N-ethyl adjacent to an activating group) is 1. The summed E-state index contributed by atoms with van der Waals surface area (Å²) in [6.45, 7) is -0.201. The fourth-order valence-corrected chi connectivity index (χ4v) is 1.04. The second-order valence-corrected chi connectivity index (χ2v) is 3.40. The van der Waals surface area contributed by atoms with Gasteiger partial charge in [0.05, 0.1) is 11.1 Å². The van der Waals surface area contributed by atoms with Crippen molar-refractivity contribution < 1.29 is 9.72 Å². The van der Waals surface area contributed by atoms with Crippen LogP contribution in [0.3, 0.4) is 0 Å². The summed E-state index contributed by atoms with van der Waals surface area (Å²) in [7, 11) is 3.09. The van der Waals surface area contributed by atoms with E-state index in [-0.39, 0.29) is 18.1 Å². The van der Waals surface area contributed by atoms with E-state index >= 15 is 0 Å². The highest BCUT2D eigenvalue weighted by atomic mass is 16.6. The molecular formula is C9H11N3O4. The van der Waals surface area contributed by atoms with E-state index < -0.39 is 10.5 Å². The van der Waals surface area contributed by atoms with E-state index in [2.05, 4.69) is 0 Å². The standard InChI is InChI=1S/C9H11N3O4/c1-10(2)9(14)6-11-5-7(12(15)16)3-4-8(11)13/h3-5H,6H2,1-2H3. The topological polar surface area (TPSA) is 85.4 Å². The molecule has 16 heavy (non-hydrogen) atoms. The number of pyridine rings is 1. The first kappa shape index (κ1) is 11.9. The highest BCUT2D eigenvalue weighted by Gasteiger charge is 2.11. The van der Waals surface area contributed by atoms with Gasteiger partial charge >= 0.3 is 0 Å². The lowest BCUT2D eigenvalue weighted by Crippen LogP contribution is -2.31. The highest BCUT2D eigenvalue weighted by Crippen LogP contribution is 2.06. The minimum absolute atomic E-state index is 0.201. The van der Waals surface area contributed by atoms with Gasteiger partial charge in [-0.25, -0.2) is 0 Å². The largest absolute Gasteiger partial charge is 0.347 e. The van der Waals surface area contributed by atoms with Gasteiger partial charge in [-0.05, 0) is 0 Å². The van der Waals surface area contributed by atoms with Crippen LogP contribution in [0.1, 0.15) is 0 Å². The normalized spacial score (nSPS) is 9.88. The van der Waals surface area contributed by atoms with E-state index in [1.165, 1.54) is 4.90 Å². The van der Waals surface area contributed by atoms with Crippen molar-refractivity contribution in [1.82, 2.24) is 9.47 Å². The van der Waals surface area contributed by atoms with Crippen LogP contribution in [0.25, 0.3) is 0 Å². The molecule has 0 aliphatic carbocycles. The lowest BCUT2D eigenvalue weighted by atomic mass is 10.4. The molecule has 0 saturated heterocycles. The van der Waals surface area contributed by atoms with Gasteiger partial charge in [0, 0.05) is 26.2 Å². The molecule has 0 aliphatic rings. The first-order valence-corrected chi connectivity index (χ1v) is 4.47. The maximum absolute atomic E-state index is 11.3. The van der Waals surface area contributed by atoms with Crippen LogP contribution in [0.5, 0.6) is 0 Å². The molecule has 7 nitrogen and oxygen atoms in total. The molecule has 0 fully saturated rings. The summed E-state index contributed by atoms with van der Waals surface area (Å²) >= 11 is 0. The van der Waals surface area contributed by atoms with E-state index in [0.29, 0.717) is 0 Å². The van der Waals surface area contributed by atoms with Crippen molar-refractivity contribution in [2.75, 3.05) is 14.1 Å². The molecule has 0 spiro atoms. The first-order chi connectivity index (χ1) is 7.41. The molecule has 7 heteroatoms. The Bertz CT molecular complexity index is 478. The molecular weight excluding hydrogens is 214 g/mol. The van der Waals surface area contributed by atoms with Crippen molar-refractivity contribution in [3.8, 4) is 0 Å². The summed E-state index contributed by atoms with van der Waals surface area (Å²) in [5.74, 6) is -0.303. The average molecular weight is 225 g/mol. The predicted octanol–water partition coefficient (Wildman–Crippen LogP) is -0.155. The van der Waals surface area contributed by atoms with Crippen LogP contribution in [-0.4, -0.2) is 34.4 Å². The van der Waals surface area contributed by atoms with Gasteiger partial charge in [-0.15, -0.1) is 0 Å². The lowest BCUT2D eigenvalue weighted by Gasteiger charge is -2.11. The van der Waals surface area contributed by atoms with Gasteiger partial charge in [0.15, 0.2) is 0 Å². The van der Waals surface area contributed by atoms with Crippen LogP contribution in [-0.2, 0) is 11.3 Å². The predicted molar refractivity (Wildman–Crippen MR) is 56.1 cm³/mol. The molecule has 1 rings (SSSR count). The summed E-state index contributed by atoms with van der Waals surface area (Å²) in [4.78, 5) is 33.8. The Labute approximate surface area is 91.1 Å². The number of amides is 1. The van der Waals surface area contributed by atoms with Crippen molar-refractivity contribution in [1.29, 1.82) is 0 Å². The van der Waals surface area contributed by atoms with Crippen molar-refractivity contribution >= 4 is 11.6 Å². The molecule has 0 bridgehead atoms. The van der Waals surface area contributed by atoms with E-state index in [4.69, 9.17) is 0 Å². The molecule has 86 valence electrons. The van der Waals surface area contributed by atoms with E-state index in [1.54, 1.807) is 14.1 Å². The maximum atomic E-state index is 11.3. The van der Waals surface area contributed by atoms with Gasteiger partial charge in [-0.1, -0.05) is 0 Å². The third-order valence-electron chi connectivity index (χ3n) is 1.98. The van der Waals surface area contributed by atoms with Crippen molar-refractivity contribution in [3.63, 3.8) is 0 Å². The third kappa shape index (κ3) is 2.66. The maximum Gasteiger partial charge on any atom is 0.285 e. The minimum Gasteiger partial charge on any atom is -0.347 e. The highest BCUT2D eigenvalue weighted by molar-refractivity contribution is 5.75. The number of carbonyl (C=O) groups is 1. The number of rotatable bonds is 3. The average Bonchev–Trinajstić information content (AvgIpc) is 2.20. The van der Waals surface area contributed by atoms with Crippen LogP contribution in [0.4, 0.5) is 5.69 Å². The minimum atomic E-state index is -0.615. The Hall–Kier alpha value is -2.18. The molecule has 0 aromatic carbocycles. The number of hydrogen-bond donors (Lipinski definition) is 0. The molecule has 1 heterocycles. The molecule has 0 aliphatic heterocycles. The summed E-state index contributed by atoms with van der Waals surface area (Å²) in [6, 6.07) is 2.18. The molecule has 0 N–H and O–H groups in total. The Balaban J connectivity index is 3.04. The number of carbonyl (C=O) groups excluding carboxylic acids is 1. The fraction of sp³-hybridized carbons (Fsp3) is 0.333. The van der Waals surface area contributed by atoms with E-state index in [9.17, 15) is 19.7 Å². The number of nitrogens with zero attached hydrogens (tertiary/aromatic N) is 3. The third-order valence-corrected chi connectivity index (χ3v) is 1.98. The lowest BCUT2D eigenvalue weighted by molar-refractivity contribution is -0.385. The molecule has 0 radical (unpaired) electrons. The monoisotopic (exact) mass is 225 g/mol. The molecule has 1 aromatic heterocycles. The Kier molecular flexibility index (Phi) is 3.39. The molecule has 0 saturated carbocycles. The van der Waals surface area contributed by atoms with Crippen LogP contribution < -0.4 is 5.56 Å². The molecule has 1 amide bonds. The molecule has 1 aromatic rings. The SMILES string of the molecule is CN(C)C(=O)Cn1cc([N+](=O)[O-])ccc1=O. The zero-order valence-corrected chi connectivity index (χ0v) is 8.91. The smallest absolute Gasteiger partial charge is 0.285 e. The zero-order chi connectivity index (χ0) is 12.3.